The van der Waals surface area contributed by atoms with Crippen LogP contribution >= 0.6 is 11.6 Å². The van der Waals surface area contributed by atoms with Crippen LogP contribution in [0.5, 0.6) is 0 Å². The lowest BCUT2D eigenvalue weighted by Gasteiger charge is -2.39. The number of hydrogen-bond acceptors (Lipinski definition) is 3. The molecule has 148 valence electrons. The molecule has 0 aromatic heterocycles. The highest BCUT2D eigenvalue weighted by Crippen LogP contribution is 2.44. The average molecular weight is 393 g/mol. The van der Waals surface area contributed by atoms with E-state index >= 15 is 0 Å². The highest BCUT2D eigenvalue weighted by atomic mass is 35.5. The Hall–Kier alpha value is -1.75. The van der Waals surface area contributed by atoms with Gasteiger partial charge >= 0.3 is 6.09 Å². The molecule has 3 rings (SSSR count). The van der Waals surface area contributed by atoms with Gasteiger partial charge in [-0.15, -0.1) is 0 Å². The van der Waals surface area contributed by atoms with Gasteiger partial charge in [-0.05, 0) is 74.6 Å². The number of amides is 2. The maximum Gasteiger partial charge on any atom is 0.410 e. The van der Waals surface area contributed by atoms with Crippen LogP contribution in [0.2, 0.25) is 5.02 Å². The first kappa shape index (κ1) is 20.0. The molecule has 2 aliphatic heterocycles. The summed E-state index contributed by atoms with van der Waals surface area (Å²) >= 11 is 6.25. The van der Waals surface area contributed by atoms with Crippen molar-refractivity contribution in [2.75, 3.05) is 13.2 Å². The number of benzene rings is 1. The Balaban J connectivity index is 1.70. The molecule has 2 unspecified atom stereocenters. The van der Waals surface area contributed by atoms with Gasteiger partial charge in [0.25, 0.3) is 0 Å². The lowest BCUT2D eigenvalue weighted by Crippen LogP contribution is -2.46. The third kappa shape index (κ3) is 4.75. The lowest BCUT2D eigenvalue weighted by molar-refractivity contribution is -0.118. The van der Waals surface area contributed by atoms with E-state index in [0.29, 0.717) is 19.1 Å². The molecule has 2 atom stereocenters. The average Bonchev–Trinajstić information content (AvgIpc) is 2.89. The number of halogens is 1. The number of carbonyl (C=O) groups excluding carboxylic acids is 2. The molecule has 5 nitrogen and oxygen atoms in total. The summed E-state index contributed by atoms with van der Waals surface area (Å²) in [6.07, 6.45) is 5.71. The molecule has 0 aliphatic carbocycles. The van der Waals surface area contributed by atoms with E-state index in [1.54, 1.807) is 0 Å². The number of fused-ring (bicyclic) bond motifs is 2. The second-order valence-electron chi connectivity index (χ2n) is 7.59. The van der Waals surface area contributed by atoms with Gasteiger partial charge in [0.05, 0.1) is 6.61 Å². The van der Waals surface area contributed by atoms with Gasteiger partial charge in [-0.1, -0.05) is 17.7 Å². The highest BCUT2D eigenvalue weighted by Gasteiger charge is 2.44. The van der Waals surface area contributed by atoms with E-state index < -0.39 is 0 Å². The van der Waals surface area contributed by atoms with Crippen LogP contribution < -0.4 is 5.32 Å². The minimum atomic E-state index is -0.157. The second-order valence-corrected chi connectivity index (χ2v) is 8.03. The summed E-state index contributed by atoms with van der Waals surface area (Å²) in [5.41, 5.74) is 2.62. The van der Waals surface area contributed by atoms with Crippen LogP contribution in [-0.2, 0) is 16.0 Å². The normalized spacial score (nSPS) is 24.0. The zero-order valence-electron chi connectivity index (χ0n) is 16.2. The summed E-state index contributed by atoms with van der Waals surface area (Å²) in [6, 6.07) is 6.73. The summed E-state index contributed by atoms with van der Waals surface area (Å²) in [6.45, 7) is 4.49. The molecule has 0 radical (unpaired) electrons. The molecule has 1 N–H and O–H groups in total. The first-order valence-corrected chi connectivity index (χ1v) is 10.3. The third-order valence-corrected chi connectivity index (χ3v) is 5.99. The number of nitrogens with one attached hydrogen (secondary N) is 1. The zero-order valence-corrected chi connectivity index (χ0v) is 16.9. The van der Waals surface area contributed by atoms with Gasteiger partial charge in [-0.3, -0.25) is 4.79 Å². The number of ether oxygens (including phenoxy) is 1. The van der Waals surface area contributed by atoms with Crippen molar-refractivity contribution < 1.29 is 14.3 Å². The highest BCUT2D eigenvalue weighted by molar-refractivity contribution is 6.30. The Labute approximate surface area is 166 Å². The van der Waals surface area contributed by atoms with Crippen LogP contribution in [0.1, 0.15) is 63.0 Å². The minimum absolute atomic E-state index is 0.00392. The van der Waals surface area contributed by atoms with Gasteiger partial charge in [0, 0.05) is 30.6 Å². The molecular weight excluding hydrogens is 364 g/mol. The Morgan fingerprint density at radius 1 is 1.26 bits per heavy atom. The van der Waals surface area contributed by atoms with Crippen molar-refractivity contribution in [2.24, 2.45) is 0 Å². The van der Waals surface area contributed by atoms with E-state index in [0.717, 1.165) is 43.5 Å². The van der Waals surface area contributed by atoms with Crippen molar-refractivity contribution in [1.82, 2.24) is 10.2 Å². The summed E-state index contributed by atoms with van der Waals surface area (Å²) in [5.74, 6) is 0.449. The topological polar surface area (TPSA) is 58.6 Å². The van der Waals surface area contributed by atoms with Gasteiger partial charge in [0.2, 0.25) is 5.91 Å². The number of aryl methyl sites for hydroxylation is 1. The molecule has 2 bridgehead atoms. The van der Waals surface area contributed by atoms with Gasteiger partial charge < -0.3 is 15.0 Å². The standard InChI is InChI=1S/C21H29ClN2O3/c1-3-27-21(26)24-18-7-8-19(24)13-16(12-18)20-9-6-17(22)11-15(20)5-4-10-23-14(2)25/h6,9,11,16,18-19H,3-5,7-8,10,12-13H2,1-2H3,(H,23,25). The number of nitrogens with zero attached hydrogens (tertiary/aromatic N) is 1. The lowest BCUT2D eigenvalue weighted by atomic mass is 9.82. The number of rotatable bonds is 6. The summed E-state index contributed by atoms with van der Waals surface area (Å²) in [4.78, 5) is 25.3. The van der Waals surface area contributed by atoms with Crippen molar-refractivity contribution in [1.29, 1.82) is 0 Å². The van der Waals surface area contributed by atoms with E-state index in [2.05, 4.69) is 17.4 Å². The van der Waals surface area contributed by atoms with Gasteiger partial charge in [0.15, 0.2) is 0 Å². The van der Waals surface area contributed by atoms with E-state index in [-0.39, 0.29) is 24.1 Å². The molecular formula is C21H29ClN2O3. The van der Waals surface area contributed by atoms with Crippen LogP contribution in [0.4, 0.5) is 4.79 Å². The first-order chi connectivity index (χ1) is 13.0. The summed E-state index contributed by atoms with van der Waals surface area (Å²) < 4.78 is 5.26. The first-order valence-electron chi connectivity index (χ1n) is 9.97. The van der Waals surface area contributed by atoms with Gasteiger partial charge in [-0.25, -0.2) is 4.79 Å². The van der Waals surface area contributed by atoms with Crippen molar-refractivity contribution in [3.63, 3.8) is 0 Å². The molecule has 6 heteroatoms. The predicted octanol–water partition coefficient (Wildman–Crippen LogP) is 4.28. The van der Waals surface area contributed by atoms with Crippen molar-refractivity contribution in [3.8, 4) is 0 Å². The number of piperidine rings is 1. The maximum absolute atomic E-state index is 12.3. The molecule has 2 heterocycles. The second kappa shape index (κ2) is 8.96. The van der Waals surface area contributed by atoms with Crippen molar-refractivity contribution in [3.05, 3.63) is 34.3 Å². The third-order valence-electron chi connectivity index (χ3n) is 5.75. The van der Waals surface area contributed by atoms with Crippen LogP contribution in [0, 0.1) is 0 Å². The van der Waals surface area contributed by atoms with Crippen LogP contribution in [0.15, 0.2) is 18.2 Å². The smallest absolute Gasteiger partial charge is 0.410 e. The molecule has 2 amide bonds. The minimum Gasteiger partial charge on any atom is -0.450 e. The zero-order chi connectivity index (χ0) is 19.4. The molecule has 1 aromatic carbocycles. The summed E-state index contributed by atoms with van der Waals surface area (Å²) in [5, 5.41) is 3.60. The monoisotopic (exact) mass is 392 g/mol. The molecule has 0 saturated carbocycles. The number of hydrogen-bond donors (Lipinski definition) is 1. The molecule has 27 heavy (non-hydrogen) atoms. The van der Waals surface area contributed by atoms with Gasteiger partial charge in [-0.2, -0.15) is 0 Å². The van der Waals surface area contributed by atoms with Crippen LogP contribution in [0.3, 0.4) is 0 Å². The summed E-state index contributed by atoms with van der Waals surface area (Å²) in [7, 11) is 0. The predicted molar refractivity (Wildman–Crippen MR) is 106 cm³/mol. The van der Waals surface area contributed by atoms with Crippen LogP contribution in [-0.4, -0.2) is 42.1 Å². The molecule has 0 spiro atoms. The fourth-order valence-corrected chi connectivity index (χ4v) is 4.85. The van der Waals surface area contributed by atoms with E-state index in [4.69, 9.17) is 16.3 Å². The Bertz CT molecular complexity index is 680. The molecule has 2 fully saturated rings. The van der Waals surface area contributed by atoms with Crippen LogP contribution in [0.25, 0.3) is 0 Å². The molecule has 2 saturated heterocycles. The fraction of sp³-hybridized carbons (Fsp3) is 0.619. The van der Waals surface area contributed by atoms with E-state index in [1.165, 1.54) is 18.1 Å². The Kier molecular flexibility index (Phi) is 6.64. The SMILES string of the molecule is CCOC(=O)N1C2CCC1CC(c1ccc(Cl)cc1CCCNC(C)=O)C2. The van der Waals surface area contributed by atoms with Crippen molar-refractivity contribution in [2.45, 2.75) is 70.4 Å². The number of carbonyl (C=O) groups is 2. The van der Waals surface area contributed by atoms with E-state index in [9.17, 15) is 9.59 Å². The molecule has 2 aliphatic rings. The van der Waals surface area contributed by atoms with E-state index in [1.807, 2.05) is 17.9 Å². The fourth-order valence-electron chi connectivity index (χ4n) is 4.66. The van der Waals surface area contributed by atoms with Crippen molar-refractivity contribution >= 4 is 23.6 Å². The Morgan fingerprint density at radius 2 is 1.96 bits per heavy atom. The quantitative estimate of drug-likeness (QED) is 0.735. The Morgan fingerprint density at radius 3 is 2.59 bits per heavy atom. The maximum atomic E-state index is 12.3. The molecule has 1 aromatic rings. The largest absolute Gasteiger partial charge is 0.450 e. The van der Waals surface area contributed by atoms with Gasteiger partial charge in [0.1, 0.15) is 0 Å².